The molecule has 0 aliphatic carbocycles. The first-order valence-electron chi connectivity index (χ1n) is 4.13. The van der Waals surface area contributed by atoms with Crippen LogP contribution in [0, 0.1) is 0 Å². The molecule has 0 aliphatic heterocycles. The van der Waals surface area contributed by atoms with Crippen molar-refractivity contribution in [3.8, 4) is 0 Å². The molecular formula is C8H6BrClF3NO2S. The van der Waals surface area contributed by atoms with Gasteiger partial charge in [0.2, 0.25) is 10.0 Å². The number of hydrogen-bond acceptors (Lipinski definition) is 2. The second kappa shape index (κ2) is 5.13. The van der Waals surface area contributed by atoms with Crippen LogP contribution < -0.4 is 4.72 Å². The van der Waals surface area contributed by atoms with E-state index in [4.69, 9.17) is 11.6 Å². The fourth-order valence-corrected chi connectivity index (χ4v) is 3.00. The SMILES string of the molecule is O=S(=O)(NCC(F)(F)F)c1ccc(Br)cc1Cl. The fraction of sp³-hybridized carbons (Fsp3) is 0.250. The number of hydrogen-bond donors (Lipinski definition) is 1. The maximum Gasteiger partial charge on any atom is 0.402 e. The quantitative estimate of drug-likeness (QED) is 0.909. The Balaban J connectivity index is 2.98. The summed E-state index contributed by atoms with van der Waals surface area (Å²) in [7, 11) is -4.26. The molecule has 1 N–H and O–H groups in total. The third kappa shape index (κ3) is 4.46. The minimum atomic E-state index is -4.62. The molecule has 0 bridgehead atoms. The van der Waals surface area contributed by atoms with Gasteiger partial charge in [-0.05, 0) is 18.2 Å². The first kappa shape index (κ1) is 14.7. The van der Waals surface area contributed by atoms with E-state index >= 15 is 0 Å². The smallest absolute Gasteiger partial charge is 0.207 e. The van der Waals surface area contributed by atoms with Crippen LogP contribution in [0.25, 0.3) is 0 Å². The van der Waals surface area contributed by atoms with Crippen LogP contribution in [0.2, 0.25) is 5.02 Å². The Labute approximate surface area is 109 Å². The third-order valence-corrected chi connectivity index (χ3v) is 4.02. The minimum absolute atomic E-state index is 0.158. The van der Waals surface area contributed by atoms with E-state index in [1.165, 1.54) is 16.9 Å². The van der Waals surface area contributed by atoms with E-state index in [-0.39, 0.29) is 5.02 Å². The van der Waals surface area contributed by atoms with Gasteiger partial charge >= 0.3 is 6.18 Å². The minimum Gasteiger partial charge on any atom is -0.207 e. The Hall–Kier alpha value is -0.310. The molecule has 0 aromatic heterocycles. The van der Waals surface area contributed by atoms with Gasteiger partial charge in [-0.25, -0.2) is 13.1 Å². The highest BCUT2D eigenvalue weighted by Crippen LogP contribution is 2.25. The molecule has 0 fully saturated rings. The van der Waals surface area contributed by atoms with E-state index in [0.29, 0.717) is 4.47 Å². The molecule has 1 aromatic rings. The van der Waals surface area contributed by atoms with Crippen LogP contribution in [0.5, 0.6) is 0 Å². The summed E-state index contributed by atoms with van der Waals surface area (Å²) in [4.78, 5) is -0.397. The van der Waals surface area contributed by atoms with Crippen molar-refractivity contribution in [2.45, 2.75) is 11.1 Å². The van der Waals surface area contributed by atoms with Crippen molar-refractivity contribution in [3.05, 3.63) is 27.7 Å². The molecule has 1 aromatic carbocycles. The molecule has 0 radical (unpaired) electrons. The van der Waals surface area contributed by atoms with Gasteiger partial charge in [0.05, 0.1) is 5.02 Å². The topological polar surface area (TPSA) is 46.2 Å². The molecular weight excluding hydrogens is 347 g/mol. The van der Waals surface area contributed by atoms with Crippen LogP contribution in [0.1, 0.15) is 0 Å². The van der Waals surface area contributed by atoms with Crippen molar-refractivity contribution in [3.63, 3.8) is 0 Å². The van der Waals surface area contributed by atoms with Crippen molar-refractivity contribution < 1.29 is 21.6 Å². The molecule has 3 nitrogen and oxygen atoms in total. The first-order chi connectivity index (χ1) is 7.62. The van der Waals surface area contributed by atoms with Gasteiger partial charge in [-0.2, -0.15) is 13.2 Å². The normalized spacial score (nSPS) is 12.8. The Morgan fingerprint density at radius 1 is 1.35 bits per heavy atom. The van der Waals surface area contributed by atoms with Gasteiger partial charge in [-0.3, -0.25) is 0 Å². The Morgan fingerprint density at radius 3 is 2.41 bits per heavy atom. The molecule has 0 aliphatic rings. The molecule has 0 saturated carbocycles. The van der Waals surface area contributed by atoms with E-state index in [1.807, 2.05) is 0 Å². The van der Waals surface area contributed by atoms with Crippen LogP contribution in [0.4, 0.5) is 13.2 Å². The lowest BCUT2D eigenvalue weighted by molar-refractivity contribution is -0.121. The zero-order valence-corrected chi connectivity index (χ0v) is 11.2. The van der Waals surface area contributed by atoms with E-state index < -0.39 is 27.6 Å². The highest BCUT2D eigenvalue weighted by atomic mass is 79.9. The monoisotopic (exact) mass is 351 g/mol. The van der Waals surface area contributed by atoms with Gasteiger partial charge < -0.3 is 0 Å². The number of rotatable bonds is 3. The number of alkyl halides is 3. The molecule has 0 spiro atoms. The zero-order chi connectivity index (χ0) is 13.3. The van der Waals surface area contributed by atoms with E-state index in [1.54, 1.807) is 0 Å². The molecule has 96 valence electrons. The predicted molar refractivity (Wildman–Crippen MR) is 60.4 cm³/mol. The number of nitrogens with one attached hydrogen (secondary N) is 1. The van der Waals surface area contributed by atoms with Crippen LogP contribution >= 0.6 is 27.5 Å². The van der Waals surface area contributed by atoms with E-state index in [2.05, 4.69) is 15.9 Å². The van der Waals surface area contributed by atoms with Crippen LogP contribution in [-0.4, -0.2) is 21.1 Å². The summed E-state index contributed by atoms with van der Waals surface area (Å²) in [5.74, 6) is 0. The number of benzene rings is 1. The first-order valence-corrected chi connectivity index (χ1v) is 6.79. The van der Waals surface area contributed by atoms with Crippen molar-refractivity contribution in [1.29, 1.82) is 0 Å². The Kier molecular flexibility index (Phi) is 4.45. The lowest BCUT2D eigenvalue weighted by atomic mass is 10.4. The second-order valence-corrected chi connectivity index (χ2v) is 6.07. The molecule has 0 atom stereocenters. The van der Waals surface area contributed by atoms with Gasteiger partial charge in [0.25, 0.3) is 0 Å². The van der Waals surface area contributed by atoms with Gasteiger partial charge in [0.1, 0.15) is 11.4 Å². The molecule has 0 saturated heterocycles. The molecule has 0 amide bonds. The maximum absolute atomic E-state index is 11.9. The zero-order valence-electron chi connectivity index (χ0n) is 8.05. The van der Waals surface area contributed by atoms with Crippen molar-refractivity contribution in [2.24, 2.45) is 0 Å². The molecule has 1 rings (SSSR count). The fourth-order valence-electron chi connectivity index (χ4n) is 0.948. The molecule has 0 unspecified atom stereocenters. The second-order valence-electron chi connectivity index (χ2n) is 3.01. The summed E-state index contributed by atoms with van der Waals surface area (Å²) >= 11 is 8.69. The van der Waals surface area contributed by atoms with Crippen LogP contribution in [0.15, 0.2) is 27.6 Å². The Bertz CT molecular complexity index is 518. The highest BCUT2D eigenvalue weighted by molar-refractivity contribution is 9.10. The van der Waals surface area contributed by atoms with Crippen LogP contribution in [-0.2, 0) is 10.0 Å². The van der Waals surface area contributed by atoms with E-state index in [9.17, 15) is 21.6 Å². The summed E-state index contributed by atoms with van der Waals surface area (Å²) in [5, 5.41) is -0.158. The standard InChI is InChI=1S/C8H6BrClF3NO2S/c9-5-1-2-7(6(10)3-5)17(15,16)14-4-8(11,12)13/h1-3,14H,4H2. The molecule has 0 heterocycles. The largest absolute Gasteiger partial charge is 0.402 e. The third-order valence-electron chi connectivity index (χ3n) is 1.65. The number of sulfonamides is 1. The summed E-state index contributed by atoms with van der Waals surface area (Å²) in [5.41, 5.74) is 0. The van der Waals surface area contributed by atoms with Crippen molar-refractivity contribution in [1.82, 2.24) is 4.72 Å². The molecule has 9 heteroatoms. The lowest BCUT2D eigenvalue weighted by Gasteiger charge is -2.10. The van der Waals surface area contributed by atoms with Crippen LogP contribution in [0.3, 0.4) is 0 Å². The lowest BCUT2D eigenvalue weighted by Crippen LogP contribution is -2.33. The van der Waals surface area contributed by atoms with Gasteiger partial charge in [0.15, 0.2) is 0 Å². The predicted octanol–water partition coefficient (Wildman–Crippen LogP) is 2.94. The maximum atomic E-state index is 11.9. The van der Waals surface area contributed by atoms with E-state index in [0.717, 1.165) is 6.07 Å². The average molecular weight is 353 g/mol. The van der Waals surface area contributed by atoms with Gasteiger partial charge in [-0.15, -0.1) is 0 Å². The summed E-state index contributed by atoms with van der Waals surface area (Å²) in [6.07, 6.45) is -4.62. The van der Waals surface area contributed by atoms with Crippen molar-refractivity contribution in [2.75, 3.05) is 6.54 Å². The molecule has 17 heavy (non-hydrogen) atoms. The summed E-state index contributed by atoms with van der Waals surface area (Å²) in [6.45, 7) is -1.64. The van der Waals surface area contributed by atoms with Crippen molar-refractivity contribution >= 4 is 37.6 Å². The Morgan fingerprint density at radius 2 is 1.94 bits per heavy atom. The number of halogens is 5. The average Bonchev–Trinajstić information content (AvgIpc) is 2.13. The van der Waals surface area contributed by atoms with Gasteiger partial charge in [0, 0.05) is 4.47 Å². The van der Waals surface area contributed by atoms with Gasteiger partial charge in [-0.1, -0.05) is 27.5 Å². The summed E-state index contributed by atoms with van der Waals surface area (Å²) < 4.78 is 60.6. The summed E-state index contributed by atoms with van der Waals surface area (Å²) in [6, 6.07) is 3.77. The highest BCUT2D eigenvalue weighted by Gasteiger charge is 2.30.